The van der Waals surface area contributed by atoms with Gasteiger partial charge in [-0.05, 0) is 24.3 Å². The van der Waals surface area contributed by atoms with Crippen LogP contribution in [0.1, 0.15) is 20.4 Å². The Labute approximate surface area is 190 Å². The first-order chi connectivity index (χ1) is 15.7. The number of alkyl halides is 3. The first-order valence-electron chi connectivity index (χ1n) is 9.75. The largest absolute Gasteiger partial charge is 0.573 e. The molecule has 0 saturated carbocycles. The van der Waals surface area contributed by atoms with Crippen molar-refractivity contribution < 1.29 is 27.5 Å². The van der Waals surface area contributed by atoms with E-state index in [1.165, 1.54) is 23.1 Å². The van der Waals surface area contributed by atoms with E-state index < -0.39 is 24.1 Å². The van der Waals surface area contributed by atoms with Gasteiger partial charge in [0.15, 0.2) is 10.8 Å². The average Bonchev–Trinajstić information content (AvgIpc) is 3.19. The Morgan fingerprint density at radius 1 is 1.06 bits per heavy atom. The number of carbonyl (C=O) groups excluding carboxylic acids is 2. The van der Waals surface area contributed by atoms with E-state index in [0.29, 0.717) is 23.5 Å². The lowest BCUT2D eigenvalue weighted by Gasteiger charge is -2.26. The van der Waals surface area contributed by atoms with Crippen molar-refractivity contribution in [1.82, 2.24) is 9.88 Å². The summed E-state index contributed by atoms with van der Waals surface area (Å²) in [5, 5.41) is 5.40. The molecule has 12 heteroatoms. The Balaban J connectivity index is 1.43. The summed E-state index contributed by atoms with van der Waals surface area (Å²) in [7, 11) is 0. The van der Waals surface area contributed by atoms with Crippen LogP contribution in [0.25, 0.3) is 0 Å². The third kappa shape index (κ3) is 5.34. The van der Waals surface area contributed by atoms with E-state index in [1.807, 2.05) is 0 Å². The van der Waals surface area contributed by atoms with Crippen molar-refractivity contribution in [2.45, 2.75) is 19.3 Å². The van der Waals surface area contributed by atoms with Crippen LogP contribution in [-0.2, 0) is 13.0 Å². The fourth-order valence-corrected chi connectivity index (χ4v) is 4.25. The molecule has 0 radical (unpaired) electrons. The van der Waals surface area contributed by atoms with E-state index in [1.54, 1.807) is 24.3 Å². The first kappa shape index (κ1) is 22.4. The highest BCUT2D eigenvalue weighted by Crippen LogP contribution is 2.31. The van der Waals surface area contributed by atoms with E-state index in [9.17, 15) is 22.8 Å². The molecule has 0 saturated heterocycles. The summed E-state index contributed by atoms with van der Waals surface area (Å²) in [6.07, 6.45) is -4.48. The number of fused-ring (bicyclic) bond motifs is 1. The molecule has 0 fully saturated rings. The maximum Gasteiger partial charge on any atom is 0.573 e. The molecule has 3 amide bonds. The minimum atomic E-state index is -4.88. The minimum Gasteiger partial charge on any atom is -0.404 e. The summed E-state index contributed by atoms with van der Waals surface area (Å²) in [5.74, 6) is -0.922. The zero-order chi connectivity index (χ0) is 23.6. The number of rotatable bonds is 4. The van der Waals surface area contributed by atoms with Crippen LogP contribution in [0.15, 0.2) is 48.5 Å². The molecule has 3 aromatic rings. The molecule has 0 aliphatic carbocycles. The van der Waals surface area contributed by atoms with Gasteiger partial charge in [0.2, 0.25) is 0 Å². The lowest BCUT2D eigenvalue weighted by molar-refractivity contribution is -0.274. The number of ether oxygens (including phenoxy) is 1. The van der Waals surface area contributed by atoms with Gasteiger partial charge in [-0.1, -0.05) is 24.3 Å². The molecule has 1 aliphatic heterocycles. The minimum absolute atomic E-state index is 0.101. The highest BCUT2D eigenvalue weighted by Gasteiger charge is 2.33. The van der Waals surface area contributed by atoms with Crippen molar-refractivity contribution in [2.75, 3.05) is 22.9 Å². The van der Waals surface area contributed by atoms with E-state index in [4.69, 9.17) is 5.73 Å². The summed E-state index contributed by atoms with van der Waals surface area (Å²) in [4.78, 5) is 31.8. The quantitative estimate of drug-likeness (QED) is 0.481. The highest BCUT2D eigenvalue weighted by molar-refractivity contribution is 7.13. The second-order valence-corrected chi connectivity index (χ2v) is 8.16. The summed E-state index contributed by atoms with van der Waals surface area (Å²) < 4.78 is 41.8. The standard InChI is InChI=1S/C21H18F3N5O3S/c22-21(23,24)32-16-8-4-3-7-14(16)28-20(31)29-10-9-15-17(11-29)33-19(27-15)18(30)26-13-6-2-1-5-12(13)25/h1-8H,9-11,25H2,(H,26,30)(H,28,31). The van der Waals surface area contributed by atoms with Crippen molar-refractivity contribution >= 4 is 40.3 Å². The van der Waals surface area contributed by atoms with E-state index in [0.717, 1.165) is 22.3 Å². The van der Waals surface area contributed by atoms with Gasteiger partial charge in [0.05, 0.1) is 29.3 Å². The van der Waals surface area contributed by atoms with Crippen molar-refractivity contribution in [3.05, 3.63) is 64.1 Å². The number of hydrogen-bond acceptors (Lipinski definition) is 6. The third-order valence-corrected chi connectivity index (χ3v) is 5.86. The molecule has 4 rings (SSSR count). The number of nitrogens with two attached hydrogens (primary N) is 1. The molecule has 33 heavy (non-hydrogen) atoms. The second kappa shape index (κ2) is 8.98. The van der Waals surface area contributed by atoms with Gasteiger partial charge in [-0.3, -0.25) is 4.79 Å². The van der Waals surface area contributed by atoms with Crippen LogP contribution in [0.2, 0.25) is 0 Å². The molecule has 0 unspecified atom stereocenters. The number of urea groups is 1. The van der Waals surface area contributed by atoms with Gasteiger partial charge in [0, 0.05) is 17.8 Å². The number of thiazole rings is 1. The van der Waals surface area contributed by atoms with Crippen LogP contribution in [0.3, 0.4) is 0 Å². The first-order valence-corrected chi connectivity index (χ1v) is 10.6. The van der Waals surface area contributed by atoms with Gasteiger partial charge < -0.3 is 26.0 Å². The van der Waals surface area contributed by atoms with Gasteiger partial charge >= 0.3 is 12.4 Å². The summed E-state index contributed by atoms with van der Waals surface area (Å²) in [6.45, 7) is 0.458. The molecular formula is C21H18F3N5O3S. The Hall–Kier alpha value is -3.80. The zero-order valence-electron chi connectivity index (χ0n) is 17.0. The number of anilines is 3. The van der Waals surface area contributed by atoms with Gasteiger partial charge in [-0.15, -0.1) is 24.5 Å². The second-order valence-electron chi connectivity index (χ2n) is 7.08. The number of nitrogens with one attached hydrogen (secondary N) is 2. The Kier molecular flexibility index (Phi) is 6.09. The van der Waals surface area contributed by atoms with Crippen molar-refractivity contribution in [2.24, 2.45) is 0 Å². The number of nitrogens with zero attached hydrogens (tertiary/aromatic N) is 2. The van der Waals surface area contributed by atoms with Gasteiger partial charge in [0.1, 0.15) is 0 Å². The predicted octanol–water partition coefficient (Wildman–Crippen LogP) is 4.47. The molecular weight excluding hydrogens is 459 g/mol. The third-order valence-electron chi connectivity index (χ3n) is 4.78. The van der Waals surface area contributed by atoms with Crippen LogP contribution < -0.4 is 21.1 Å². The fraction of sp³-hybridized carbons (Fsp3) is 0.190. The normalized spacial score (nSPS) is 13.2. The van der Waals surface area contributed by atoms with E-state index in [2.05, 4.69) is 20.4 Å². The molecule has 1 aliphatic rings. The Morgan fingerprint density at radius 3 is 2.48 bits per heavy atom. The number of benzene rings is 2. The highest BCUT2D eigenvalue weighted by atomic mass is 32.1. The number of hydrogen-bond donors (Lipinski definition) is 3. The topological polar surface area (TPSA) is 110 Å². The number of aromatic nitrogens is 1. The molecule has 0 atom stereocenters. The SMILES string of the molecule is Nc1ccccc1NC(=O)c1nc2c(s1)CN(C(=O)Nc1ccccc1OC(F)(F)F)CC2. The number of para-hydroxylation sites is 4. The summed E-state index contributed by atoms with van der Waals surface area (Å²) in [5.41, 5.74) is 7.34. The van der Waals surface area contributed by atoms with Crippen molar-refractivity contribution in [3.63, 3.8) is 0 Å². The average molecular weight is 477 g/mol. The number of nitrogen functional groups attached to an aromatic ring is 1. The summed E-state index contributed by atoms with van der Waals surface area (Å²) in [6, 6.07) is 11.5. The Bertz CT molecular complexity index is 1200. The van der Waals surface area contributed by atoms with Gasteiger partial charge in [0.25, 0.3) is 5.91 Å². The molecule has 2 aromatic carbocycles. The monoisotopic (exact) mass is 477 g/mol. The van der Waals surface area contributed by atoms with E-state index >= 15 is 0 Å². The number of carbonyl (C=O) groups is 2. The zero-order valence-corrected chi connectivity index (χ0v) is 17.8. The maximum absolute atomic E-state index is 12.7. The molecule has 1 aromatic heterocycles. The maximum atomic E-state index is 12.7. The fourth-order valence-electron chi connectivity index (χ4n) is 3.23. The number of amides is 3. The molecule has 2 heterocycles. The van der Waals surface area contributed by atoms with Crippen LogP contribution in [-0.4, -0.2) is 34.7 Å². The van der Waals surface area contributed by atoms with Crippen molar-refractivity contribution in [1.29, 1.82) is 0 Å². The molecule has 4 N–H and O–H groups in total. The molecule has 8 nitrogen and oxygen atoms in total. The predicted molar refractivity (Wildman–Crippen MR) is 117 cm³/mol. The smallest absolute Gasteiger partial charge is 0.404 e. The van der Waals surface area contributed by atoms with Gasteiger partial charge in [-0.25, -0.2) is 9.78 Å². The Morgan fingerprint density at radius 2 is 1.76 bits per heavy atom. The van der Waals surface area contributed by atoms with Crippen molar-refractivity contribution in [3.8, 4) is 5.75 Å². The summed E-state index contributed by atoms with van der Waals surface area (Å²) >= 11 is 1.15. The van der Waals surface area contributed by atoms with Crippen LogP contribution >= 0.6 is 11.3 Å². The molecule has 172 valence electrons. The van der Waals surface area contributed by atoms with Crippen LogP contribution in [0.4, 0.5) is 35.0 Å². The lowest BCUT2D eigenvalue weighted by Crippen LogP contribution is -2.38. The van der Waals surface area contributed by atoms with E-state index in [-0.39, 0.29) is 23.8 Å². The van der Waals surface area contributed by atoms with Crippen LogP contribution in [0, 0.1) is 0 Å². The number of halogens is 3. The van der Waals surface area contributed by atoms with Gasteiger partial charge in [-0.2, -0.15) is 0 Å². The molecule has 0 spiro atoms. The lowest BCUT2D eigenvalue weighted by atomic mass is 10.2. The molecule has 0 bridgehead atoms. The van der Waals surface area contributed by atoms with Crippen LogP contribution in [0.5, 0.6) is 5.75 Å².